The molecule has 3 heterocycles. The molecule has 2 aromatic rings. The smallest absolute Gasteiger partial charge is 0.410 e. The molecular weight excluding hydrogens is 341 g/mol. The Morgan fingerprint density at radius 3 is 2.77 bits per heavy atom. The van der Waals surface area contributed by atoms with Crippen molar-refractivity contribution in [3.05, 3.63) is 29.8 Å². The third-order valence-electron chi connectivity index (χ3n) is 4.31. The van der Waals surface area contributed by atoms with Gasteiger partial charge >= 0.3 is 12.1 Å². The number of hydrogen-bond donors (Lipinski definition) is 1. The van der Waals surface area contributed by atoms with Gasteiger partial charge in [0.15, 0.2) is 0 Å². The fraction of sp³-hybridized carbons (Fsp3) is 0.500. The maximum atomic E-state index is 13.5. The minimum atomic E-state index is -1.14. The Kier molecular flexibility index (Phi) is 4.60. The Balaban J connectivity index is 1.91. The number of fused-ring (bicyclic) bond motifs is 1. The molecule has 0 saturated carbocycles. The van der Waals surface area contributed by atoms with Crippen molar-refractivity contribution in [2.24, 2.45) is 0 Å². The van der Waals surface area contributed by atoms with E-state index in [1.165, 1.54) is 12.3 Å². The lowest BCUT2D eigenvalue weighted by molar-refractivity contribution is 0.0174. The molecule has 26 heavy (non-hydrogen) atoms. The van der Waals surface area contributed by atoms with Gasteiger partial charge in [-0.25, -0.2) is 19.0 Å². The summed E-state index contributed by atoms with van der Waals surface area (Å²) in [6.45, 7) is 6.39. The van der Waals surface area contributed by atoms with Crippen molar-refractivity contribution in [3.8, 4) is 0 Å². The fourth-order valence-electron chi connectivity index (χ4n) is 3.23. The van der Waals surface area contributed by atoms with E-state index in [4.69, 9.17) is 4.74 Å². The molecule has 1 unspecified atom stereocenters. The Bertz CT molecular complexity index is 856. The van der Waals surface area contributed by atoms with Crippen LogP contribution in [-0.2, 0) is 4.74 Å². The van der Waals surface area contributed by atoms with Crippen LogP contribution in [0.2, 0.25) is 0 Å². The second-order valence-electron chi connectivity index (χ2n) is 7.50. The highest BCUT2D eigenvalue weighted by Crippen LogP contribution is 2.29. The number of rotatable bonds is 2. The number of nitrogens with zero attached hydrogens (tertiary/aromatic N) is 3. The maximum Gasteiger partial charge on any atom is 0.410 e. The van der Waals surface area contributed by atoms with Gasteiger partial charge in [0.2, 0.25) is 0 Å². The standard InChI is InChI=1S/C18H22FN3O4/c1-18(2,3)26-17(25)21-6-4-5-12(9-21)22-10-14(16(23)24)13-7-11(19)8-20-15(13)22/h7-8,10,12H,4-6,9H2,1-3H3,(H,23,24). The normalized spacial score (nSPS) is 18.2. The zero-order valence-corrected chi connectivity index (χ0v) is 15.0. The van der Waals surface area contributed by atoms with E-state index in [0.717, 1.165) is 19.0 Å². The Morgan fingerprint density at radius 1 is 1.38 bits per heavy atom. The average Bonchev–Trinajstić information content (AvgIpc) is 2.92. The van der Waals surface area contributed by atoms with Crippen molar-refractivity contribution in [3.63, 3.8) is 0 Å². The van der Waals surface area contributed by atoms with Crippen LogP contribution in [0.1, 0.15) is 50.0 Å². The molecule has 1 aliphatic heterocycles. The third kappa shape index (κ3) is 3.63. The van der Waals surface area contributed by atoms with Crippen LogP contribution in [-0.4, -0.2) is 50.3 Å². The lowest BCUT2D eigenvalue weighted by Crippen LogP contribution is -2.43. The van der Waals surface area contributed by atoms with E-state index in [1.54, 1.807) is 9.47 Å². The molecule has 7 nitrogen and oxygen atoms in total. The topological polar surface area (TPSA) is 84.7 Å². The van der Waals surface area contributed by atoms with Crippen molar-refractivity contribution in [1.29, 1.82) is 0 Å². The molecule has 0 aromatic carbocycles. The van der Waals surface area contributed by atoms with Crippen molar-refractivity contribution >= 4 is 23.1 Å². The monoisotopic (exact) mass is 363 g/mol. The Labute approximate surface area is 150 Å². The molecule has 3 rings (SSSR count). The average molecular weight is 363 g/mol. The highest BCUT2D eigenvalue weighted by Gasteiger charge is 2.30. The number of pyridine rings is 1. The van der Waals surface area contributed by atoms with E-state index >= 15 is 0 Å². The van der Waals surface area contributed by atoms with Crippen LogP contribution in [0.5, 0.6) is 0 Å². The van der Waals surface area contributed by atoms with Crippen molar-refractivity contribution in [1.82, 2.24) is 14.5 Å². The van der Waals surface area contributed by atoms with Crippen LogP contribution in [0.15, 0.2) is 18.5 Å². The van der Waals surface area contributed by atoms with Gasteiger partial charge in [-0.2, -0.15) is 0 Å². The highest BCUT2D eigenvalue weighted by atomic mass is 19.1. The number of carboxylic acid groups (broad SMARTS) is 1. The quantitative estimate of drug-likeness (QED) is 0.883. The summed E-state index contributed by atoms with van der Waals surface area (Å²) in [6, 6.07) is 1.03. The SMILES string of the molecule is CC(C)(C)OC(=O)N1CCCC(n2cc(C(=O)O)c3cc(F)cnc32)C1. The van der Waals surface area contributed by atoms with Gasteiger partial charge in [-0.3, -0.25) is 0 Å². The van der Waals surface area contributed by atoms with E-state index < -0.39 is 23.5 Å². The predicted molar refractivity (Wildman–Crippen MR) is 92.7 cm³/mol. The Hall–Kier alpha value is -2.64. The van der Waals surface area contributed by atoms with E-state index in [2.05, 4.69) is 4.98 Å². The summed E-state index contributed by atoms with van der Waals surface area (Å²) < 4.78 is 20.7. The summed E-state index contributed by atoms with van der Waals surface area (Å²) in [5.74, 6) is -1.72. The molecule has 0 bridgehead atoms. The first-order chi connectivity index (χ1) is 12.2. The summed E-state index contributed by atoms with van der Waals surface area (Å²) in [4.78, 5) is 29.5. The van der Waals surface area contributed by atoms with Crippen LogP contribution >= 0.6 is 0 Å². The molecule has 0 spiro atoms. The maximum absolute atomic E-state index is 13.5. The molecule has 1 N–H and O–H groups in total. The summed E-state index contributed by atoms with van der Waals surface area (Å²) in [5.41, 5.74) is -0.180. The third-order valence-corrected chi connectivity index (χ3v) is 4.31. The van der Waals surface area contributed by atoms with E-state index in [9.17, 15) is 19.1 Å². The number of aromatic nitrogens is 2. The molecule has 0 aliphatic carbocycles. The van der Waals surface area contributed by atoms with Gasteiger partial charge < -0.3 is 19.3 Å². The first-order valence-electron chi connectivity index (χ1n) is 8.53. The summed E-state index contributed by atoms with van der Waals surface area (Å²) in [5, 5.41) is 9.66. The fourth-order valence-corrected chi connectivity index (χ4v) is 3.23. The van der Waals surface area contributed by atoms with Crippen molar-refractivity contribution < 1.29 is 23.8 Å². The minimum absolute atomic E-state index is 0.00129. The molecule has 2 aromatic heterocycles. The minimum Gasteiger partial charge on any atom is -0.478 e. The van der Waals surface area contributed by atoms with Gasteiger partial charge in [0.25, 0.3) is 0 Å². The van der Waals surface area contributed by atoms with Crippen LogP contribution in [0.25, 0.3) is 11.0 Å². The largest absolute Gasteiger partial charge is 0.478 e. The number of ether oxygens (including phenoxy) is 1. The summed E-state index contributed by atoms with van der Waals surface area (Å²) >= 11 is 0. The van der Waals surface area contributed by atoms with Gasteiger partial charge in [-0.05, 0) is 39.7 Å². The zero-order chi connectivity index (χ0) is 19.1. The highest BCUT2D eigenvalue weighted by molar-refractivity contribution is 6.02. The van der Waals surface area contributed by atoms with Gasteiger partial charge in [-0.1, -0.05) is 0 Å². The number of carbonyl (C=O) groups excluding carboxylic acids is 1. The summed E-state index contributed by atoms with van der Waals surface area (Å²) in [6.07, 6.45) is 3.67. The van der Waals surface area contributed by atoms with E-state index in [1.807, 2.05) is 20.8 Å². The number of hydrogen-bond acceptors (Lipinski definition) is 4. The lowest BCUT2D eigenvalue weighted by Gasteiger charge is -2.34. The number of amides is 1. The van der Waals surface area contributed by atoms with Crippen LogP contribution < -0.4 is 0 Å². The van der Waals surface area contributed by atoms with Crippen LogP contribution in [0.3, 0.4) is 0 Å². The molecule has 1 atom stereocenters. The number of aromatic carboxylic acids is 1. The number of carboxylic acids is 1. The predicted octanol–water partition coefficient (Wildman–Crippen LogP) is 3.45. The lowest BCUT2D eigenvalue weighted by atomic mass is 10.1. The number of halogens is 1. The second-order valence-corrected chi connectivity index (χ2v) is 7.50. The molecule has 1 aliphatic rings. The van der Waals surface area contributed by atoms with E-state index in [0.29, 0.717) is 18.7 Å². The molecule has 1 saturated heterocycles. The van der Waals surface area contributed by atoms with Crippen LogP contribution in [0, 0.1) is 5.82 Å². The van der Waals surface area contributed by atoms with Gasteiger partial charge in [0.1, 0.15) is 17.1 Å². The van der Waals surface area contributed by atoms with Crippen LogP contribution in [0.4, 0.5) is 9.18 Å². The van der Waals surface area contributed by atoms with Gasteiger partial charge in [0.05, 0.1) is 17.8 Å². The molecule has 8 heteroatoms. The van der Waals surface area contributed by atoms with Crippen molar-refractivity contribution in [2.75, 3.05) is 13.1 Å². The molecule has 1 fully saturated rings. The van der Waals surface area contributed by atoms with Gasteiger partial charge in [0, 0.05) is 24.7 Å². The van der Waals surface area contributed by atoms with Crippen molar-refractivity contribution in [2.45, 2.75) is 45.3 Å². The molecule has 140 valence electrons. The zero-order valence-electron chi connectivity index (χ0n) is 15.0. The first kappa shape index (κ1) is 18.2. The molecular formula is C18H22FN3O4. The number of likely N-dealkylation sites (tertiary alicyclic amines) is 1. The Morgan fingerprint density at radius 2 is 2.12 bits per heavy atom. The molecule has 1 amide bonds. The van der Waals surface area contributed by atoms with Gasteiger partial charge in [-0.15, -0.1) is 0 Å². The second kappa shape index (κ2) is 6.59. The number of carbonyl (C=O) groups is 2. The molecule has 0 radical (unpaired) electrons. The summed E-state index contributed by atoms with van der Waals surface area (Å²) in [7, 11) is 0. The number of piperidine rings is 1. The van der Waals surface area contributed by atoms with E-state index in [-0.39, 0.29) is 17.0 Å². The first-order valence-corrected chi connectivity index (χ1v) is 8.53.